The third-order valence-electron chi connectivity index (χ3n) is 3.63. The van der Waals surface area contributed by atoms with Gasteiger partial charge in [-0.1, -0.05) is 30.3 Å². The molecule has 7 nitrogen and oxygen atoms in total. The number of hydrogen-bond acceptors (Lipinski definition) is 5. The van der Waals surface area contributed by atoms with Crippen LogP contribution in [0.25, 0.3) is 5.69 Å². The van der Waals surface area contributed by atoms with E-state index in [1.807, 2.05) is 30.3 Å². The second-order valence-corrected chi connectivity index (χ2v) is 5.48. The molecular weight excluding hydrogens is 318 g/mol. The van der Waals surface area contributed by atoms with Gasteiger partial charge in [-0.2, -0.15) is 0 Å². The molecule has 0 bridgehead atoms. The summed E-state index contributed by atoms with van der Waals surface area (Å²) in [6, 6.07) is 17.4. The third-order valence-corrected chi connectivity index (χ3v) is 3.63. The summed E-state index contributed by atoms with van der Waals surface area (Å²) in [5.41, 5.74) is 2.10. The highest BCUT2D eigenvalue weighted by atomic mass is 16.5. The molecule has 1 heterocycles. The van der Waals surface area contributed by atoms with Crippen molar-refractivity contribution in [1.29, 1.82) is 0 Å². The first kappa shape index (κ1) is 16.6. The van der Waals surface area contributed by atoms with Gasteiger partial charge in [0.05, 0.1) is 5.69 Å². The Morgan fingerprint density at radius 2 is 1.88 bits per heavy atom. The maximum atomic E-state index is 11.8. The first-order chi connectivity index (χ1) is 12.3. The Morgan fingerprint density at radius 1 is 1.08 bits per heavy atom. The minimum atomic E-state index is -0.127. The largest absolute Gasteiger partial charge is 0.484 e. The van der Waals surface area contributed by atoms with Crippen LogP contribution in [0.15, 0.2) is 60.9 Å². The standard InChI is InChI=1S/C18H19N5O2/c24-18(19-12-4-7-15-5-2-1-3-6-15)13-25-17-10-8-16(9-11-17)23-14-20-21-22-23/h1-3,5-6,8-11,14H,4,7,12-13H2,(H,19,24). The van der Waals surface area contributed by atoms with Gasteiger partial charge < -0.3 is 10.1 Å². The lowest BCUT2D eigenvalue weighted by atomic mass is 10.1. The van der Waals surface area contributed by atoms with E-state index in [1.54, 1.807) is 16.8 Å². The Bertz CT molecular complexity index is 773. The number of tetrazole rings is 1. The van der Waals surface area contributed by atoms with Crippen LogP contribution in [0.2, 0.25) is 0 Å². The number of carbonyl (C=O) groups excluding carboxylic acids is 1. The van der Waals surface area contributed by atoms with Crippen molar-refractivity contribution in [2.75, 3.05) is 13.2 Å². The molecule has 7 heteroatoms. The maximum Gasteiger partial charge on any atom is 0.257 e. The van der Waals surface area contributed by atoms with E-state index < -0.39 is 0 Å². The van der Waals surface area contributed by atoms with Crippen LogP contribution in [-0.2, 0) is 11.2 Å². The van der Waals surface area contributed by atoms with E-state index >= 15 is 0 Å². The first-order valence-corrected chi connectivity index (χ1v) is 8.08. The van der Waals surface area contributed by atoms with Gasteiger partial charge in [0.25, 0.3) is 5.91 Å². The van der Waals surface area contributed by atoms with Crippen LogP contribution in [-0.4, -0.2) is 39.3 Å². The van der Waals surface area contributed by atoms with Crippen molar-refractivity contribution in [3.05, 3.63) is 66.5 Å². The van der Waals surface area contributed by atoms with Crippen LogP contribution in [0.1, 0.15) is 12.0 Å². The van der Waals surface area contributed by atoms with Gasteiger partial charge in [0.1, 0.15) is 12.1 Å². The summed E-state index contributed by atoms with van der Waals surface area (Å²) in [5.74, 6) is 0.494. The van der Waals surface area contributed by atoms with E-state index in [4.69, 9.17) is 4.74 Å². The molecule has 25 heavy (non-hydrogen) atoms. The minimum Gasteiger partial charge on any atom is -0.484 e. The number of benzene rings is 2. The monoisotopic (exact) mass is 337 g/mol. The minimum absolute atomic E-state index is 0.00440. The molecule has 0 fully saturated rings. The number of hydrogen-bond donors (Lipinski definition) is 1. The molecule has 0 aliphatic rings. The fraction of sp³-hybridized carbons (Fsp3) is 0.222. The van der Waals surface area contributed by atoms with Gasteiger partial charge in [-0.15, -0.1) is 5.10 Å². The molecule has 1 N–H and O–H groups in total. The van der Waals surface area contributed by atoms with Crippen molar-refractivity contribution >= 4 is 5.91 Å². The van der Waals surface area contributed by atoms with Crippen molar-refractivity contribution in [1.82, 2.24) is 25.5 Å². The highest BCUT2D eigenvalue weighted by molar-refractivity contribution is 5.77. The van der Waals surface area contributed by atoms with Gasteiger partial charge in [-0.3, -0.25) is 4.79 Å². The summed E-state index contributed by atoms with van der Waals surface area (Å²) in [4.78, 5) is 11.8. The fourth-order valence-corrected chi connectivity index (χ4v) is 2.34. The molecule has 3 aromatic rings. The summed E-state index contributed by atoms with van der Waals surface area (Å²) in [6.45, 7) is 0.630. The molecule has 0 aliphatic heterocycles. The summed E-state index contributed by atoms with van der Waals surface area (Å²) >= 11 is 0. The van der Waals surface area contributed by atoms with Crippen LogP contribution in [0.3, 0.4) is 0 Å². The van der Waals surface area contributed by atoms with Crippen LogP contribution >= 0.6 is 0 Å². The highest BCUT2D eigenvalue weighted by Crippen LogP contribution is 2.14. The van der Waals surface area contributed by atoms with Gasteiger partial charge in [-0.05, 0) is 53.1 Å². The Hall–Kier alpha value is -3.22. The predicted molar refractivity (Wildman–Crippen MR) is 92.4 cm³/mol. The Labute approximate surface area is 145 Å². The molecule has 0 radical (unpaired) electrons. The molecule has 0 unspecified atom stereocenters. The zero-order chi connectivity index (χ0) is 17.3. The molecule has 1 aromatic heterocycles. The Morgan fingerprint density at radius 3 is 2.60 bits per heavy atom. The fourth-order valence-electron chi connectivity index (χ4n) is 2.34. The lowest BCUT2D eigenvalue weighted by Gasteiger charge is -2.08. The van der Waals surface area contributed by atoms with Gasteiger partial charge in [0.15, 0.2) is 6.61 Å². The van der Waals surface area contributed by atoms with E-state index in [1.165, 1.54) is 11.9 Å². The molecule has 0 aliphatic carbocycles. The number of carbonyl (C=O) groups is 1. The molecule has 3 rings (SSSR count). The number of nitrogens with zero attached hydrogens (tertiary/aromatic N) is 4. The zero-order valence-corrected chi connectivity index (χ0v) is 13.7. The number of rotatable bonds is 8. The SMILES string of the molecule is O=C(COc1ccc(-n2cnnn2)cc1)NCCCc1ccccc1. The molecule has 1 amide bonds. The molecule has 0 saturated heterocycles. The predicted octanol–water partition coefficient (Wildman–Crippen LogP) is 1.79. The van der Waals surface area contributed by atoms with Crippen molar-refractivity contribution in [2.24, 2.45) is 0 Å². The first-order valence-electron chi connectivity index (χ1n) is 8.08. The number of aromatic nitrogens is 4. The molecular formula is C18H19N5O2. The van der Waals surface area contributed by atoms with Gasteiger partial charge in [-0.25, -0.2) is 4.68 Å². The summed E-state index contributed by atoms with van der Waals surface area (Å²) in [7, 11) is 0. The van der Waals surface area contributed by atoms with Gasteiger partial charge in [0.2, 0.25) is 0 Å². The molecule has 0 spiro atoms. The topological polar surface area (TPSA) is 81.9 Å². The number of aryl methyl sites for hydroxylation is 1. The average Bonchev–Trinajstić information content (AvgIpc) is 3.20. The summed E-state index contributed by atoms with van der Waals surface area (Å²) in [5, 5.41) is 13.8. The van der Waals surface area contributed by atoms with Crippen molar-refractivity contribution in [3.8, 4) is 11.4 Å². The van der Waals surface area contributed by atoms with Crippen molar-refractivity contribution in [2.45, 2.75) is 12.8 Å². The smallest absolute Gasteiger partial charge is 0.257 e. The van der Waals surface area contributed by atoms with Gasteiger partial charge >= 0.3 is 0 Å². The van der Waals surface area contributed by atoms with E-state index in [-0.39, 0.29) is 12.5 Å². The van der Waals surface area contributed by atoms with Crippen LogP contribution < -0.4 is 10.1 Å². The van der Waals surface area contributed by atoms with E-state index in [0.29, 0.717) is 12.3 Å². The number of amides is 1. The lowest BCUT2D eigenvalue weighted by molar-refractivity contribution is -0.123. The van der Waals surface area contributed by atoms with E-state index in [0.717, 1.165) is 18.5 Å². The van der Waals surface area contributed by atoms with Gasteiger partial charge in [0, 0.05) is 6.54 Å². The summed E-state index contributed by atoms with van der Waals surface area (Å²) < 4.78 is 7.03. The van der Waals surface area contributed by atoms with Crippen molar-refractivity contribution < 1.29 is 9.53 Å². The van der Waals surface area contributed by atoms with Crippen LogP contribution in [0.5, 0.6) is 5.75 Å². The quantitative estimate of drug-likeness (QED) is 0.634. The lowest BCUT2D eigenvalue weighted by Crippen LogP contribution is -2.29. The van der Waals surface area contributed by atoms with Crippen LogP contribution in [0, 0.1) is 0 Å². The Kier molecular flexibility index (Phi) is 5.71. The Balaban J connectivity index is 1.36. The molecule has 2 aromatic carbocycles. The number of nitrogens with one attached hydrogen (secondary N) is 1. The second kappa shape index (κ2) is 8.58. The average molecular weight is 337 g/mol. The van der Waals surface area contributed by atoms with E-state index in [9.17, 15) is 4.79 Å². The van der Waals surface area contributed by atoms with E-state index in [2.05, 4.69) is 33.0 Å². The van der Waals surface area contributed by atoms with Crippen LogP contribution in [0.4, 0.5) is 0 Å². The third kappa shape index (κ3) is 5.13. The van der Waals surface area contributed by atoms with Crippen molar-refractivity contribution in [3.63, 3.8) is 0 Å². The normalized spacial score (nSPS) is 10.4. The molecule has 128 valence electrons. The second-order valence-electron chi connectivity index (χ2n) is 5.48. The molecule has 0 atom stereocenters. The highest BCUT2D eigenvalue weighted by Gasteiger charge is 2.03. The summed E-state index contributed by atoms with van der Waals surface area (Å²) in [6.07, 6.45) is 3.36. The zero-order valence-electron chi connectivity index (χ0n) is 13.7. The molecule has 0 saturated carbocycles. The number of ether oxygens (including phenoxy) is 1. The maximum absolute atomic E-state index is 11.8.